The maximum atomic E-state index is 12.8. The Labute approximate surface area is 183 Å². The Morgan fingerprint density at radius 1 is 1.19 bits per heavy atom. The van der Waals surface area contributed by atoms with E-state index in [1.165, 1.54) is 29.8 Å². The molecule has 0 fully saturated rings. The van der Waals surface area contributed by atoms with Crippen molar-refractivity contribution in [2.24, 2.45) is 0 Å². The fraction of sp³-hybridized carbons (Fsp3) is 0.136. The number of methoxy groups -OCH3 is 1. The first-order valence-corrected chi connectivity index (χ1v) is 10.2. The van der Waals surface area contributed by atoms with Crippen molar-refractivity contribution < 1.29 is 22.7 Å². The third kappa shape index (κ3) is 4.35. The van der Waals surface area contributed by atoms with Crippen molar-refractivity contribution in [2.75, 3.05) is 12.4 Å². The average molecular weight is 459 g/mol. The van der Waals surface area contributed by atoms with Crippen molar-refractivity contribution in [3.8, 4) is 16.9 Å². The Hall–Kier alpha value is -3.66. The van der Waals surface area contributed by atoms with Crippen LogP contribution >= 0.6 is 11.3 Å². The van der Waals surface area contributed by atoms with Crippen LogP contribution in [0.4, 0.5) is 18.9 Å². The molecule has 10 heteroatoms. The zero-order valence-corrected chi connectivity index (χ0v) is 17.5. The molecule has 0 spiro atoms. The molecule has 0 atom stereocenters. The molecule has 0 aliphatic carbocycles. The Kier molecular flexibility index (Phi) is 5.70. The molecule has 0 aliphatic rings. The molecule has 0 saturated heterocycles. The van der Waals surface area contributed by atoms with Crippen LogP contribution in [-0.2, 0) is 17.5 Å². The van der Waals surface area contributed by atoms with E-state index >= 15 is 0 Å². The molecule has 4 aromatic rings. The van der Waals surface area contributed by atoms with Crippen LogP contribution in [0.25, 0.3) is 21.3 Å². The Morgan fingerprint density at radius 2 is 1.94 bits per heavy atom. The average Bonchev–Trinajstić information content (AvgIpc) is 3.20. The second-order valence-corrected chi connectivity index (χ2v) is 7.74. The van der Waals surface area contributed by atoms with E-state index in [1.807, 2.05) is 17.5 Å². The maximum Gasteiger partial charge on any atom is 0.416 e. The Bertz CT molecular complexity index is 1340. The van der Waals surface area contributed by atoms with Gasteiger partial charge in [0.1, 0.15) is 17.0 Å². The van der Waals surface area contributed by atoms with Gasteiger partial charge in [-0.05, 0) is 35.9 Å². The predicted molar refractivity (Wildman–Crippen MR) is 116 cm³/mol. The number of carbonyl (C=O) groups is 1. The van der Waals surface area contributed by atoms with Crippen molar-refractivity contribution in [3.63, 3.8) is 0 Å². The zero-order valence-electron chi connectivity index (χ0n) is 16.6. The van der Waals surface area contributed by atoms with E-state index in [0.29, 0.717) is 16.0 Å². The van der Waals surface area contributed by atoms with Crippen LogP contribution in [-0.4, -0.2) is 22.6 Å². The van der Waals surface area contributed by atoms with Gasteiger partial charge in [0.05, 0.1) is 24.5 Å². The van der Waals surface area contributed by atoms with E-state index in [-0.39, 0.29) is 12.2 Å². The molecule has 164 valence electrons. The minimum Gasteiger partial charge on any atom is -0.497 e. The minimum absolute atomic E-state index is 0.00942. The lowest BCUT2D eigenvalue weighted by molar-refractivity contribution is -0.137. The summed E-state index contributed by atoms with van der Waals surface area (Å²) in [6.45, 7) is -0.381. The van der Waals surface area contributed by atoms with Gasteiger partial charge in [0, 0.05) is 16.6 Å². The highest BCUT2D eigenvalue weighted by molar-refractivity contribution is 7.17. The Morgan fingerprint density at radius 3 is 2.62 bits per heavy atom. The van der Waals surface area contributed by atoms with E-state index in [9.17, 15) is 22.8 Å². The van der Waals surface area contributed by atoms with Crippen LogP contribution in [0.15, 0.2) is 65.0 Å². The number of ether oxygens (including phenoxy) is 1. The van der Waals surface area contributed by atoms with Gasteiger partial charge in [0.15, 0.2) is 0 Å². The maximum absolute atomic E-state index is 12.8. The number of hydrogen-bond acceptors (Lipinski definition) is 5. The second kappa shape index (κ2) is 8.46. The summed E-state index contributed by atoms with van der Waals surface area (Å²) in [7, 11) is 1.57. The topological polar surface area (TPSA) is 73.2 Å². The van der Waals surface area contributed by atoms with Gasteiger partial charge < -0.3 is 10.1 Å². The summed E-state index contributed by atoms with van der Waals surface area (Å²) >= 11 is 1.21. The fourth-order valence-corrected chi connectivity index (χ4v) is 4.13. The third-order valence-corrected chi connectivity index (χ3v) is 5.69. The van der Waals surface area contributed by atoms with Gasteiger partial charge in [0.25, 0.3) is 5.56 Å². The van der Waals surface area contributed by atoms with E-state index in [1.54, 1.807) is 19.2 Å². The summed E-state index contributed by atoms with van der Waals surface area (Å²) in [5.41, 5.74) is 0.873. The molecular formula is C22H16F3N3O3S. The van der Waals surface area contributed by atoms with Crippen LogP contribution in [0.2, 0.25) is 0 Å². The first-order valence-electron chi connectivity index (χ1n) is 9.34. The van der Waals surface area contributed by atoms with E-state index in [2.05, 4.69) is 10.3 Å². The highest BCUT2D eigenvalue weighted by atomic mass is 32.1. The molecule has 1 N–H and O–H groups in total. The standard InChI is InChI=1S/C22H16F3N3O3S/c1-31-16-7-5-13(6-8-16)17-11-32-20-19(17)26-12-28(21(20)30)10-18(29)27-15-4-2-3-14(9-15)22(23,24)25/h2-9,11-12H,10H2,1H3,(H,27,29). The van der Waals surface area contributed by atoms with Gasteiger partial charge in [-0.2, -0.15) is 13.2 Å². The molecule has 4 rings (SSSR count). The van der Waals surface area contributed by atoms with Crippen LogP contribution in [0.1, 0.15) is 5.56 Å². The molecule has 0 bridgehead atoms. The largest absolute Gasteiger partial charge is 0.497 e. The fourth-order valence-electron chi connectivity index (χ4n) is 3.16. The number of carbonyl (C=O) groups excluding carboxylic acids is 1. The minimum atomic E-state index is -4.52. The molecule has 2 aromatic carbocycles. The van der Waals surface area contributed by atoms with Gasteiger partial charge in [-0.3, -0.25) is 14.2 Å². The van der Waals surface area contributed by atoms with Gasteiger partial charge in [-0.15, -0.1) is 11.3 Å². The summed E-state index contributed by atoms with van der Waals surface area (Å²) in [4.78, 5) is 29.5. The molecule has 0 aliphatic heterocycles. The molecule has 2 aromatic heterocycles. The van der Waals surface area contributed by atoms with Gasteiger partial charge in [-0.1, -0.05) is 18.2 Å². The number of anilines is 1. The SMILES string of the molecule is COc1ccc(-c2csc3c(=O)n(CC(=O)Nc4cccc(C(F)(F)F)c4)cnc23)cc1. The highest BCUT2D eigenvalue weighted by Gasteiger charge is 2.30. The molecule has 2 heterocycles. The lowest BCUT2D eigenvalue weighted by atomic mass is 10.1. The number of aromatic nitrogens is 2. The summed E-state index contributed by atoms with van der Waals surface area (Å²) in [6, 6.07) is 11.6. The van der Waals surface area contributed by atoms with Crippen LogP contribution in [0.5, 0.6) is 5.75 Å². The third-order valence-electron chi connectivity index (χ3n) is 4.73. The van der Waals surface area contributed by atoms with Gasteiger partial charge >= 0.3 is 6.18 Å². The van der Waals surface area contributed by atoms with E-state index in [0.717, 1.165) is 27.8 Å². The second-order valence-electron chi connectivity index (χ2n) is 6.86. The molecule has 1 amide bonds. The van der Waals surface area contributed by atoms with Gasteiger partial charge in [0.2, 0.25) is 5.91 Å². The molecule has 0 saturated carbocycles. The zero-order chi connectivity index (χ0) is 22.9. The first kappa shape index (κ1) is 21.6. The lowest BCUT2D eigenvalue weighted by Crippen LogP contribution is -2.27. The smallest absolute Gasteiger partial charge is 0.416 e. The highest BCUT2D eigenvalue weighted by Crippen LogP contribution is 2.32. The first-order chi connectivity index (χ1) is 15.3. The number of nitrogens with zero attached hydrogens (tertiary/aromatic N) is 2. The predicted octanol–water partition coefficient (Wildman–Crippen LogP) is 4.79. The quantitative estimate of drug-likeness (QED) is 0.466. The molecular weight excluding hydrogens is 443 g/mol. The lowest BCUT2D eigenvalue weighted by Gasteiger charge is -2.10. The number of rotatable bonds is 5. The number of benzene rings is 2. The van der Waals surface area contributed by atoms with Crippen molar-refractivity contribution in [1.82, 2.24) is 9.55 Å². The molecule has 32 heavy (non-hydrogen) atoms. The number of alkyl halides is 3. The van der Waals surface area contributed by atoms with Crippen molar-refractivity contribution in [2.45, 2.75) is 12.7 Å². The van der Waals surface area contributed by atoms with Gasteiger partial charge in [-0.25, -0.2) is 4.98 Å². The summed E-state index contributed by atoms with van der Waals surface area (Å²) in [5, 5.41) is 4.20. The van der Waals surface area contributed by atoms with Crippen LogP contribution < -0.4 is 15.6 Å². The molecule has 0 unspecified atom stereocenters. The van der Waals surface area contributed by atoms with E-state index in [4.69, 9.17) is 4.74 Å². The number of thiophene rings is 1. The van der Waals surface area contributed by atoms with Crippen molar-refractivity contribution in [1.29, 1.82) is 0 Å². The monoisotopic (exact) mass is 459 g/mol. The van der Waals surface area contributed by atoms with E-state index < -0.39 is 23.2 Å². The van der Waals surface area contributed by atoms with Crippen molar-refractivity contribution >= 4 is 33.1 Å². The molecule has 0 radical (unpaired) electrons. The van der Waals surface area contributed by atoms with Crippen LogP contribution in [0, 0.1) is 0 Å². The number of nitrogens with one attached hydrogen (secondary N) is 1. The summed E-state index contributed by atoms with van der Waals surface area (Å²) < 4.78 is 45.2. The molecule has 6 nitrogen and oxygen atoms in total. The number of halogens is 3. The number of amides is 1. The van der Waals surface area contributed by atoms with Crippen molar-refractivity contribution in [3.05, 3.63) is 76.2 Å². The number of fused-ring (bicyclic) bond motifs is 1. The number of hydrogen-bond donors (Lipinski definition) is 1. The normalized spacial score (nSPS) is 11.5. The summed E-state index contributed by atoms with van der Waals surface area (Å²) in [5.74, 6) is 0.0647. The summed E-state index contributed by atoms with van der Waals surface area (Å²) in [6.07, 6.45) is -3.26. The Balaban J connectivity index is 1.56. The van der Waals surface area contributed by atoms with Crippen LogP contribution in [0.3, 0.4) is 0 Å².